The maximum Gasteiger partial charge on any atom is 0.307 e. The molecule has 8 nitrogen and oxygen atoms in total. The summed E-state index contributed by atoms with van der Waals surface area (Å²) in [7, 11) is 0. The molecule has 0 aliphatic carbocycles. The lowest BCUT2D eigenvalue weighted by Gasteiger charge is -2.46. The first kappa shape index (κ1) is 13.5. The maximum atomic E-state index is 11.9. The van der Waals surface area contributed by atoms with Crippen molar-refractivity contribution in [1.29, 1.82) is 0 Å². The molecule has 0 atom stereocenters. The van der Waals surface area contributed by atoms with E-state index in [1.165, 1.54) is 15.8 Å². The molecule has 8 heteroatoms. The predicted molar refractivity (Wildman–Crippen MR) is 65.3 cm³/mol. The van der Waals surface area contributed by atoms with Gasteiger partial charge in [-0.3, -0.25) is 19.6 Å². The summed E-state index contributed by atoms with van der Waals surface area (Å²) in [6.45, 7) is 2.58. The number of rotatable bonds is 5. The summed E-state index contributed by atoms with van der Waals surface area (Å²) in [6.07, 6.45) is 3.86. The van der Waals surface area contributed by atoms with E-state index in [-0.39, 0.29) is 18.1 Å². The molecule has 1 aliphatic rings. The van der Waals surface area contributed by atoms with E-state index in [9.17, 15) is 20.0 Å². The zero-order valence-corrected chi connectivity index (χ0v) is 10.7. The summed E-state index contributed by atoms with van der Waals surface area (Å²) in [5, 5.41) is 24.2. The van der Waals surface area contributed by atoms with Gasteiger partial charge in [0.1, 0.15) is 18.9 Å². The van der Waals surface area contributed by atoms with Gasteiger partial charge in [0.25, 0.3) is 0 Å². The summed E-state index contributed by atoms with van der Waals surface area (Å²) in [4.78, 5) is 23.3. The number of likely N-dealkylation sites (tertiary alicyclic amines) is 1. The van der Waals surface area contributed by atoms with Gasteiger partial charge in [-0.1, -0.05) is 13.3 Å². The zero-order chi connectivity index (χ0) is 14.0. The number of β-amino-alcohol motifs (C(OH)–C–C–N with tert-alkyl or cyclic N) is 1. The number of nitrogens with zero attached hydrogens (tertiary/aromatic N) is 4. The number of carbonyl (C=O) groups excluding carboxylic acids is 1. The highest BCUT2D eigenvalue weighted by atomic mass is 16.6. The molecule has 19 heavy (non-hydrogen) atoms. The number of hydrogen-bond acceptors (Lipinski definition) is 5. The molecular weight excluding hydrogens is 252 g/mol. The molecule has 0 bridgehead atoms. The summed E-state index contributed by atoms with van der Waals surface area (Å²) in [5.74, 6) is -0.196. The fourth-order valence-corrected chi connectivity index (χ4v) is 2.24. The van der Waals surface area contributed by atoms with Gasteiger partial charge in [0.2, 0.25) is 5.91 Å². The van der Waals surface area contributed by atoms with E-state index in [1.807, 2.05) is 6.92 Å². The second kappa shape index (κ2) is 4.96. The predicted octanol–water partition coefficient (Wildman–Crippen LogP) is 0.165. The summed E-state index contributed by atoms with van der Waals surface area (Å²) in [5.41, 5.74) is -0.903. The molecule has 1 fully saturated rings. The van der Waals surface area contributed by atoms with E-state index in [2.05, 4.69) is 5.10 Å². The Bertz CT molecular complexity index is 493. The van der Waals surface area contributed by atoms with Crippen LogP contribution in [0.2, 0.25) is 0 Å². The number of amides is 1. The highest BCUT2D eigenvalue weighted by Gasteiger charge is 2.42. The van der Waals surface area contributed by atoms with E-state index in [0.29, 0.717) is 19.5 Å². The lowest BCUT2D eigenvalue weighted by atomic mass is 9.89. The van der Waals surface area contributed by atoms with Crippen molar-refractivity contribution in [3.8, 4) is 0 Å². The first-order valence-electron chi connectivity index (χ1n) is 6.10. The standard InChI is InChI=1S/C11H16N4O4/c1-2-3-11(17)7-13(8-11)10(16)6-14-5-9(4-12-14)15(18)19/h4-5,17H,2-3,6-8H2,1H3. The number of aliphatic hydroxyl groups is 1. The Hall–Kier alpha value is -1.96. The Balaban J connectivity index is 1.87. The van der Waals surface area contributed by atoms with Gasteiger partial charge >= 0.3 is 5.69 Å². The van der Waals surface area contributed by atoms with Crippen molar-refractivity contribution in [3.05, 3.63) is 22.5 Å². The smallest absolute Gasteiger partial charge is 0.307 e. The van der Waals surface area contributed by atoms with Crippen molar-refractivity contribution in [3.63, 3.8) is 0 Å². The van der Waals surface area contributed by atoms with Crippen LogP contribution < -0.4 is 0 Å². The average Bonchev–Trinajstić information content (AvgIpc) is 2.74. The minimum atomic E-state index is -0.763. The van der Waals surface area contributed by atoms with E-state index in [4.69, 9.17) is 0 Å². The van der Waals surface area contributed by atoms with Gasteiger partial charge in [-0.25, -0.2) is 0 Å². The quantitative estimate of drug-likeness (QED) is 0.605. The van der Waals surface area contributed by atoms with Crippen LogP contribution in [0.15, 0.2) is 12.4 Å². The first-order chi connectivity index (χ1) is 8.93. The fraction of sp³-hybridized carbons (Fsp3) is 0.636. The van der Waals surface area contributed by atoms with E-state index in [1.54, 1.807) is 0 Å². The number of aromatic nitrogens is 2. The molecular formula is C11H16N4O4. The fourth-order valence-electron chi connectivity index (χ4n) is 2.24. The van der Waals surface area contributed by atoms with E-state index >= 15 is 0 Å². The van der Waals surface area contributed by atoms with Crippen molar-refractivity contribution in [1.82, 2.24) is 14.7 Å². The second-order valence-electron chi connectivity index (χ2n) is 4.88. The SMILES string of the molecule is CCCC1(O)CN(C(=O)Cn2cc([N+](=O)[O-])cn2)C1. The van der Waals surface area contributed by atoms with Crippen molar-refractivity contribution in [2.45, 2.75) is 31.9 Å². The number of hydrogen-bond donors (Lipinski definition) is 1. The van der Waals surface area contributed by atoms with Crippen LogP contribution in [0, 0.1) is 10.1 Å². The average molecular weight is 268 g/mol. The lowest BCUT2D eigenvalue weighted by molar-refractivity contribution is -0.385. The van der Waals surface area contributed by atoms with Crippen LogP contribution in [0.5, 0.6) is 0 Å². The van der Waals surface area contributed by atoms with Crippen molar-refractivity contribution < 1.29 is 14.8 Å². The Morgan fingerprint density at radius 2 is 2.32 bits per heavy atom. The molecule has 2 heterocycles. The minimum Gasteiger partial charge on any atom is -0.386 e. The van der Waals surface area contributed by atoms with Crippen LogP contribution in [-0.2, 0) is 11.3 Å². The van der Waals surface area contributed by atoms with Crippen LogP contribution in [0.3, 0.4) is 0 Å². The lowest BCUT2D eigenvalue weighted by Crippen LogP contribution is -2.63. The molecule has 1 aliphatic heterocycles. The molecule has 0 saturated carbocycles. The van der Waals surface area contributed by atoms with Crippen molar-refractivity contribution in [2.24, 2.45) is 0 Å². The number of carbonyl (C=O) groups is 1. The number of nitro groups is 1. The molecule has 1 aromatic rings. The van der Waals surface area contributed by atoms with Gasteiger partial charge in [0.15, 0.2) is 0 Å². The van der Waals surface area contributed by atoms with Gasteiger partial charge in [0, 0.05) is 0 Å². The van der Waals surface area contributed by atoms with Crippen LogP contribution in [-0.4, -0.2) is 49.3 Å². The Morgan fingerprint density at radius 3 is 2.84 bits per heavy atom. The van der Waals surface area contributed by atoms with Crippen LogP contribution in [0.1, 0.15) is 19.8 Å². The topological polar surface area (TPSA) is 102 Å². The molecule has 1 N–H and O–H groups in total. The zero-order valence-electron chi connectivity index (χ0n) is 10.7. The van der Waals surface area contributed by atoms with Gasteiger partial charge < -0.3 is 10.0 Å². The van der Waals surface area contributed by atoms with Crippen LogP contribution in [0.4, 0.5) is 5.69 Å². The molecule has 104 valence electrons. The van der Waals surface area contributed by atoms with Crippen LogP contribution in [0.25, 0.3) is 0 Å². The first-order valence-corrected chi connectivity index (χ1v) is 6.10. The minimum absolute atomic E-state index is 0.0456. The normalized spacial score (nSPS) is 17.1. The highest BCUT2D eigenvalue weighted by molar-refractivity contribution is 5.77. The van der Waals surface area contributed by atoms with Crippen molar-refractivity contribution >= 4 is 11.6 Å². The van der Waals surface area contributed by atoms with Gasteiger partial charge in [-0.2, -0.15) is 5.10 Å². The summed E-state index contributed by atoms with van der Waals surface area (Å²) >= 11 is 0. The third kappa shape index (κ3) is 2.90. The molecule has 0 radical (unpaired) electrons. The van der Waals surface area contributed by atoms with E-state index < -0.39 is 10.5 Å². The third-order valence-electron chi connectivity index (χ3n) is 3.17. The summed E-state index contributed by atoms with van der Waals surface area (Å²) < 4.78 is 1.23. The van der Waals surface area contributed by atoms with Gasteiger partial charge in [-0.05, 0) is 6.42 Å². The Morgan fingerprint density at radius 1 is 1.63 bits per heavy atom. The Labute approximate surface area is 109 Å². The molecule has 0 aromatic carbocycles. The third-order valence-corrected chi connectivity index (χ3v) is 3.17. The van der Waals surface area contributed by atoms with Gasteiger partial charge in [0.05, 0.1) is 23.6 Å². The molecule has 1 amide bonds. The van der Waals surface area contributed by atoms with Crippen molar-refractivity contribution in [2.75, 3.05) is 13.1 Å². The molecule has 0 unspecified atom stereocenters. The maximum absolute atomic E-state index is 11.9. The van der Waals surface area contributed by atoms with E-state index in [0.717, 1.165) is 12.6 Å². The monoisotopic (exact) mass is 268 g/mol. The highest BCUT2D eigenvalue weighted by Crippen LogP contribution is 2.25. The summed E-state index contributed by atoms with van der Waals surface area (Å²) in [6, 6.07) is 0. The van der Waals surface area contributed by atoms with Crippen LogP contribution >= 0.6 is 0 Å². The molecule has 1 aromatic heterocycles. The second-order valence-corrected chi connectivity index (χ2v) is 4.88. The molecule has 0 spiro atoms. The molecule has 2 rings (SSSR count). The molecule has 1 saturated heterocycles. The van der Waals surface area contributed by atoms with Gasteiger partial charge in [-0.15, -0.1) is 0 Å². The Kier molecular flexibility index (Phi) is 3.52. The largest absolute Gasteiger partial charge is 0.386 e.